The van der Waals surface area contributed by atoms with Gasteiger partial charge in [0.05, 0.1) is 0 Å². The molecule has 2 aromatic carbocycles. The van der Waals surface area contributed by atoms with Crippen LogP contribution in [0.3, 0.4) is 0 Å². The number of aliphatic hydroxyl groups is 1. The summed E-state index contributed by atoms with van der Waals surface area (Å²) in [4.78, 5) is 14.1. The van der Waals surface area contributed by atoms with Crippen LogP contribution in [0, 0.1) is 0 Å². The second-order valence-corrected chi connectivity index (χ2v) is 6.16. The number of hydrogen-bond donors (Lipinski definition) is 1. The van der Waals surface area contributed by atoms with Gasteiger partial charge in [-0.15, -0.1) is 0 Å². The molecular formula is C20H23NO2. The Morgan fingerprint density at radius 1 is 1.13 bits per heavy atom. The van der Waals surface area contributed by atoms with Crippen LogP contribution in [0.5, 0.6) is 0 Å². The highest BCUT2D eigenvalue weighted by Crippen LogP contribution is 2.27. The zero-order chi connectivity index (χ0) is 16.2. The molecule has 1 N–H and O–H groups in total. The van der Waals surface area contributed by atoms with Crippen molar-refractivity contribution in [2.24, 2.45) is 0 Å². The molecule has 1 atom stereocenters. The Kier molecular flexibility index (Phi) is 4.77. The molecule has 0 bridgehead atoms. The van der Waals surface area contributed by atoms with Crippen molar-refractivity contribution in [3.05, 3.63) is 70.8 Å². The zero-order valence-electron chi connectivity index (χ0n) is 13.5. The van der Waals surface area contributed by atoms with Crippen molar-refractivity contribution in [1.29, 1.82) is 0 Å². The molecular weight excluding hydrogens is 286 g/mol. The first-order valence-corrected chi connectivity index (χ1v) is 8.31. The van der Waals surface area contributed by atoms with Gasteiger partial charge in [0.1, 0.15) is 6.10 Å². The number of carbonyl (C=O) groups excluding carboxylic acids is 1. The van der Waals surface area contributed by atoms with E-state index in [9.17, 15) is 9.90 Å². The molecule has 23 heavy (non-hydrogen) atoms. The average Bonchev–Trinajstić information content (AvgIpc) is 2.61. The van der Waals surface area contributed by atoms with Gasteiger partial charge in [-0.05, 0) is 35.1 Å². The van der Waals surface area contributed by atoms with Crippen molar-refractivity contribution in [2.45, 2.75) is 38.8 Å². The van der Waals surface area contributed by atoms with Crippen LogP contribution in [-0.2, 0) is 17.8 Å². The van der Waals surface area contributed by atoms with Crippen LogP contribution >= 0.6 is 0 Å². The number of carbonyl (C=O) groups is 1. The molecule has 2 aromatic rings. The molecule has 1 unspecified atom stereocenters. The molecule has 1 aliphatic heterocycles. The third-order valence-corrected chi connectivity index (χ3v) is 4.49. The molecule has 0 aromatic heterocycles. The fourth-order valence-corrected chi connectivity index (χ4v) is 3.16. The molecule has 1 heterocycles. The Balaban J connectivity index is 1.82. The molecule has 0 radical (unpaired) electrons. The third-order valence-electron chi connectivity index (χ3n) is 4.49. The van der Waals surface area contributed by atoms with Crippen LogP contribution in [-0.4, -0.2) is 22.5 Å². The van der Waals surface area contributed by atoms with Crippen LogP contribution in [0.4, 0.5) is 0 Å². The van der Waals surface area contributed by atoms with Gasteiger partial charge in [-0.2, -0.15) is 0 Å². The van der Waals surface area contributed by atoms with Gasteiger partial charge in [0.15, 0.2) is 0 Å². The van der Waals surface area contributed by atoms with E-state index in [2.05, 4.69) is 12.1 Å². The minimum atomic E-state index is -0.622. The number of aliphatic hydroxyl groups excluding tert-OH is 1. The zero-order valence-corrected chi connectivity index (χ0v) is 13.5. The van der Waals surface area contributed by atoms with Crippen LogP contribution in [0.2, 0.25) is 0 Å². The normalized spacial score (nSPS) is 15.1. The highest BCUT2D eigenvalue weighted by atomic mass is 16.3. The first kappa shape index (κ1) is 15.8. The summed E-state index contributed by atoms with van der Waals surface area (Å²) in [7, 11) is 0. The summed E-state index contributed by atoms with van der Waals surface area (Å²) in [6.45, 7) is 3.49. The average molecular weight is 309 g/mol. The Morgan fingerprint density at radius 3 is 2.65 bits per heavy atom. The minimum absolute atomic E-state index is 0.229. The molecule has 120 valence electrons. The third kappa shape index (κ3) is 3.45. The molecule has 0 saturated heterocycles. The smallest absolute Gasteiger partial charge is 0.222 e. The Hall–Kier alpha value is -2.13. The summed E-state index contributed by atoms with van der Waals surface area (Å²) in [5, 5.41) is 10.6. The van der Waals surface area contributed by atoms with Gasteiger partial charge >= 0.3 is 0 Å². The molecule has 1 aliphatic rings. The van der Waals surface area contributed by atoms with Crippen molar-refractivity contribution in [3.8, 4) is 0 Å². The highest BCUT2D eigenvalue weighted by molar-refractivity contribution is 5.76. The molecule has 0 spiro atoms. The second-order valence-electron chi connectivity index (χ2n) is 6.16. The topological polar surface area (TPSA) is 40.5 Å². The van der Waals surface area contributed by atoms with Crippen LogP contribution in [0.25, 0.3) is 0 Å². The molecule has 0 saturated carbocycles. The molecule has 0 aliphatic carbocycles. The predicted molar refractivity (Wildman–Crippen MR) is 91.0 cm³/mol. The fraction of sp³-hybridized carbons (Fsp3) is 0.350. The van der Waals surface area contributed by atoms with Crippen molar-refractivity contribution < 1.29 is 9.90 Å². The molecule has 3 rings (SSSR count). The lowest BCUT2D eigenvalue weighted by atomic mass is 9.93. The monoisotopic (exact) mass is 309 g/mol. The van der Waals surface area contributed by atoms with Crippen LogP contribution in [0.15, 0.2) is 48.5 Å². The lowest BCUT2D eigenvalue weighted by Gasteiger charge is -2.29. The first-order valence-electron chi connectivity index (χ1n) is 8.31. The molecule has 0 fully saturated rings. The van der Waals surface area contributed by atoms with Crippen molar-refractivity contribution >= 4 is 5.91 Å². The van der Waals surface area contributed by atoms with Gasteiger partial charge < -0.3 is 10.0 Å². The Morgan fingerprint density at radius 2 is 1.91 bits per heavy atom. The van der Waals surface area contributed by atoms with Gasteiger partial charge in [-0.3, -0.25) is 4.79 Å². The van der Waals surface area contributed by atoms with E-state index in [1.807, 2.05) is 48.2 Å². The van der Waals surface area contributed by atoms with E-state index in [1.165, 1.54) is 5.56 Å². The van der Waals surface area contributed by atoms with Gasteiger partial charge in [0.25, 0.3) is 0 Å². The van der Waals surface area contributed by atoms with Gasteiger partial charge in [-0.25, -0.2) is 0 Å². The van der Waals surface area contributed by atoms with E-state index in [0.29, 0.717) is 13.0 Å². The van der Waals surface area contributed by atoms with E-state index >= 15 is 0 Å². The van der Waals surface area contributed by atoms with Gasteiger partial charge in [0, 0.05) is 19.5 Å². The van der Waals surface area contributed by atoms with E-state index in [1.54, 1.807) is 0 Å². The Bertz CT molecular complexity index is 681. The van der Waals surface area contributed by atoms with E-state index in [-0.39, 0.29) is 5.91 Å². The number of benzene rings is 2. The summed E-state index contributed by atoms with van der Waals surface area (Å²) < 4.78 is 0. The maximum Gasteiger partial charge on any atom is 0.222 e. The summed E-state index contributed by atoms with van der Waals surface area (Å²) in [6, 6.07) is 15.8. The Labute approximate surface area is 137 Å². The standard InChI is InChI=1S/C20H23NO2/c1-2-6-19(22)21-12-11-15-9-10-17(13-18(15)14-21)20(23)16-7-4-3-5-8-16/h3-5,7-10,13,20,23H,2,6,11-12,14H2,1H3. The summed E-state index contributed by atoms with van der Waals surface area (Å²) in [5.41, 5.74) is 4.23. The predicted octanol–water partition coefficient (Wildman–Crippen LogP) is 3.45. The summed E-state index contributed by atoms with van der Waals surface area (Å²) in [6.07, 6.45) is 1.77. The largest absolute Gasteiger partial charge is 0.384 e. The fourth-order valence-electron chi connectivity index (χ4n) is 3.16. The lowest BCUT2D eigenvalue weighted by molar-refractivity contribution is -0.132. The van der Waals surface area contributed by atoms with Crippen LogP contribution in [0.1, 0.15) is 48.1 Å². The van der Waals surface area contributed by atoms with E-state index in [0.717, 1.165) is 36.1 Å². The maximum absolute atomic E-state index is 12.1. The van der Waals surface area contributed by atoms with Crippen molar-refractivity contribution in [3.63, 3.8) is 0 Å². The quantitative estimate of drug-likeness (QED) is 0.939. The number of nitrogens with zero attached hydrogens (tertiary/aromatic N) is 1. The van der Waals surface area contributed by atoms with Crippen LogP contribution < -0.4 is 0 Å². The molecule has 3 nitrogen and oxygen atoms in total. The van der Waals surface area contributed by atoms with Crippen molar-refractivity contribution in [2.75, 3.05) is 6.54 Å². The lowest BCUT2D eigenvalue weighted by Crippen LogP contribution is -2.35. The summed E-state index contributed by atoms with van der Waals surface area (Å²) in [5.74, 6) is 0.229. The number of amides is 1. The van der Waals surface area contributed by atoms with Gasteiger partial charge in [0.2, 0.25) is 5.91 Å². The molecule has 3 heteroatoms. The summed E-state index contributed by atoms with van der Waals surface area (Å²) >= 11 is 0. The van der Waals surface area contributed by atoms with E-state index < -0.39 is 6.10 Å². The maximum atomic E-state index is 12.1. The number of hydrogen-bond acceptors (Lipinski definition) is 2. The number of rotatable bonds is 4. The van der Waals surface area contributed by atoms with E-state index in [4.69, 9.17) is 0 Å². The number of fused-ring (bicyclic) bond motifs is 1. The SMILES string of the molecule is CCCC(=O)N1CCc2ccc(C(O)c3ccccc3)cc2C1. The van der Waals surface area contributed by atoms with Crippen molar-refractivity contribution in [1.82, 2.24) is 4.90 Å². The highest BCUT2D eigenvalue weighted by Gasteiger charge is 2.21. The molecule has 1 amide bonds. The second kappa shape index (κ2) is 6.97. The van der Waals surface area contributed by atoms with Gasteiger partial charge in [-0.1, -0.05) is 55.5 Å². The minimum Gasteiger partial charge on any atom is -0.384 e. The first-order chi connectivity index (χ1) is 11.2.